The summed E-state index contributed by atoms with van der Waals surface area (Å²) in [6, 6.07) is 9.20. The molecule has 1 atom stereocenters. The fourth-order valence-electron chi connectivity index (χ4n) is 1.89. The number of carbonyl (C=O) groups is 1. The molecule has 0 bridgehead atoms. The number of rotatable bonds is 3. The smallest absolute Gasteiger partial charge is 0.359 e. The van der Waals surface area contributed by atoms with Gasteiger partial charge in [-0.15, -0.1) is 0 Å². The zero-order valence-electron chi connectivity index (χ0n) is 10.4. The largest absolute Gasteiger partial charge is 0.464 e. The molecule has 0 spiro atoms. The molecule has 100 valence electrons. The van der Waals surface area contributed by atoms with Gasteiger partial charge in [0.2, 0.25) is 5.95 Å². The van der Waals surface area contributed by atoms with E-state index >= 15 is 0 Å². The third-order valence-electron chi connectivity index (χ3n) is 2.87. The SMILES string of the molecule is COC(=O)c1c(F)nc(Br)n1[C@H](C)c1ccccc1. The van der Waals surface area contributed by atoms with E-state index < -0.39 is 11.9 Å². The summed E-state index contributed by atoms with van der Waals surface area (Å²) < 4.78 is 20.0. The molecule has 0 aliphatic carbocycles. The second-order valence-electron chi connectivity index (χ2n) is 3.97. The summed E-state index contributed by atoms with van der Waals surface area (Å²) in [5, 5.41) is 0. The molecule has 0 radical (unpaired) electrons. The van der Waals surface area contributed by atoms with Gasteiger partial charge in [0, 0.05) is 0 Å². The van der Waals surface area contributed by atoms with E-state index in [2.05, 4.69) is 25.7 Å². The molecule has 1 aromatic heterocycles. The van der Waals surface area contributed by atoms with Gasteiger partial charge in [0.25, 0.3) is 0 Å². The van der Waals surface area contributed by atoms with Crippen molar-refractivity contribution in [2.24, 2.45) is 0 Å². The van der Waals surface area contributed by atoms with Crippen molar-refractivity contribution in [2.45, 2.75) is 13.0 Å². The number of carbonyl (C=O) groups excluding carboxylic acids is 1. The van der Waals surface area contributed by atoms with Crippen LogP contribution in [0.25, 0.3) is 0 Å². The maximum Gasteiger partial charge on any atom is 0.359 e. The van der Waals surface area contributed by atoms with Crippen LogP contribution in [-0.4, -0.2) is 22.6 Å². The topological polar surface area (TPSA) is 44.1 Å². The zero-order valence-corrected chi connectivity index (χ0v) is 12.0. The van der Waals surface area contributed by atoms with E-state index in [4.69, 9.17) is 0 Å². The van der Waals surface area contributed by atoms with Gasteiger partial charge >= 0.3 is 5.97 Å². The summed E-state index contributed by atoms with van der Waals surface area (Å²) >= 11 is 3.17. The molecule has 2 rings (SSSR count). The number of benzene rings is 1. The first-order chi connectivity index (χ1) is 9.06. The van der Waals surface area contributed by atoms with Gasteiger partial charge in [-0.2, -0.15) is 9.37 Å². The number of nitrogens with zero attached hydrogens (tertiary/aromatic N) is 2. The Bertz CT molecular complexity index is 598. The summed E-state index contributed by atoms with van der Waals surface area (Å²) in [7, 11) is 1.21. The fourth-order valence-corrected chi connectivity index (χ4v) is 2.53. The quantitative estimate of drug-likeness (QED) is 0.814. The van der Waals surface area contributed by atoms with E-state index in [0.717, 1.165) is 5.56 Å². The lowest BCUT2D eigenvalue weighted by Gasteiger charge is -2.17. The molecule has 2 aromatic rings. The van der Waals surface area contributed by atoms with Crippen LogP contribution in [0.1, 0.15) is 29.0 Å². The van der Waals surface area contributed by atoms with Gasteiger partial charge in [-0.3, -0.25) is 0 Å². The van der Waals surface area contributed by atoms with Crippen LogP contribution < -0.4 is 0 Å². The van der Waals surface area contributed by atoms with Gasteiger partial charge < -0.3 is 9.30 Å². The monoisotopic (exact) mass is 326 g/mol. The molecule has 19 heavy (non-hydrogen) atoms. The van der Waals surface area contributed by atoms with E-state index in [-0.39, 0.29) is 16.5 Å². The minimum absolute atomic E-state index is 0.189. The maximum absolute atomic E-state index is 13.7. The van der Waals surface area contributed by atoms with Gasteiger partial charge in [-0.05, 0) is 28.4 Å². The predicted octanol–water partition coefficient (Wildman–Crippen LogP) is 3.18. The number of aromatic nitrogens is 2. The molecule has 1 aromatic carbocycles. The molecule has 1 heterocycles. The van der Waals surface area contributed by atoms with Crippen molar-refractivity contribution in [1.82, 2.24) is 9.55 Å². The summed E-state index contributed by atoms with van der Waals surface area (Å²) in [5.41, 5.74) is 0.747. The first-order valence-corrected chi connectivity index (χ1v) is 6.42. The number of esters is 1. The molecule has 6 heteroatoms. The van der Waals surface area contributed by atoms with E-state index in [1.54, 1.807) is 0 Å². The van der Waals surface area contributed by atoms with Gasteiger partial charge in [-0.1, -0.05) is 30.3 Å². The Morgan fingerprint density at radius 2 is 2.05 bits per heavy atom. The summed E-state index contributed by atoms with van der Waals surface area (Å²) in [6.07, 6.45) is 0. The maximum atomic E-state index is 13.7. The van der Waals surface area contributed by atoms with Crippen molar-refractivity contribution in [3.05, 3.63) is 52.3 Å². The van der Waals surface area contributed by atoms with Crippen LogP contribution in [0.15, 0.2) is 35.1 Å². The van der Waals surface area contributed by atoms with Crippen molar-refractivity contribution >= 4 is 21.9 Å². The Morgan fingerprint density at radius 1 is 1.42 bits per heavy atom. The van der Waals surface area contributed by atoms with Crippen molar-refractivity contribution in [3.8, 4) is 0 Å². The summed E-state index contributed by atoms with van der Waals surface area (Å²) in [4.78, 5) is 15.3. The first-order valence-electron chi connectivity index (χ1n) is 5.62. The molecule has 0 aliphatic heterocycles. The number of methoxy groups -OCH3 is 1. The lowest BCUT2D eigenvalue weighted by molar-refractivity contribution is 0.0581. The van der Waals surface area contributed by atoms with E-state index in [0.29, 0.717) is 0 Å². The second kappa shape index (κ2) is 5.52. The molecule has 4 nitrogen and oxygen atoms in total. The molecular weight excluding hydrogens is 315 g/mol. The van der Waals surface area contributed by atoms with Gasteiger partial charge in [0.15, 0.2) is 10.4 Å². The van der Waals surface area contributed by atoms with Crippen molar-refractivity contribution in [1.29, 1.82) is 0 Å². The fraction of sp³-hybridized carbons (Fsp3) is 0.231. The van der Waals surface area contributed by atoms with Crippen LogP contribution in [0, 0.1) is 5.95 Å². The molecule has 0 aliphatic rings. The highest BCUT2D eigenvalue weighted by atomic mass is 79.9. The van der Waals surface area contributed by atoms with Crippen LogP contribution in [0.4, 0.5) is 4.39 Å². The lowest BCUT2D eigenvalue weighted by atomic mass is 10.1. The number of halogens is 2. The molecule has 0 saturated heterocycles. The van der Waals surface area contributed by atoms with Crippen molar-refractivity contribution < 1.29 is 13.9 Å². The molecule has 0 amide bonds. The van der Waals surface area contributed by atoms with E-state index in [1.807, 2.05) is 37.3 Å². The average molecular weight is 327 g/mol. The van der Waals surface area contributed by atoms with Crippen LogP contribution in [0.3, 0.4) is 0 Å². The normalized spacial score (nSPS) is 12.2. The highest BCUT2D eigenvalue weighted by Gasteiger charge is 2.26. The minimum atomic E-state index is -0.846. The van der Waals surface area contributed by atoms with Crippen molar-refractivity contribution in [2.75, 3.05) is 7.11 Å². The molecule has 0 unspecified atom stereocenters. The second-order valence-corrected chi connectivity index (χ2v) is 4.68. The van der Waals surface area contributed by atoms with Crippen LogP contribution in [0.2, 0.25) is 0 Å². The number of hydrogen-bond donors (Lipinski definition) is 0. The average Bonchev–Trinajstić information content (AvgIpc) is 2.72. The van der Waals surface area contributed by atoms with Crippen molar-refractivity contribution in [3.63, 3.8) is 0 Å². The van der Waals surface area contributed by atoms with Crippen LogP contribution in [0.5, 0.6) is 0 Å². The molecule has 0 saturated carbocycles. The Labute approximate surface area is 118 Å². The van der Waals surface area contributed by atoms with Gasteiger partial charge in [-0.25, -0.2) is 4.79 Å². The van der Waals surface area contributed by atoms with Crippen LogP contribution >= 0.6 is 15.9 Å². The number of imidazole rings is 1. The Hall–Kier alpha value is -1.69. The standard InChI is InChI=1S/C13H12BrFN2O2/c1-8(9-6-4-3-5-7-9)17-10(12(18)19-2)11(15)16-13(17)14/h3-8H,1-2H3/t8-/m1/s1. The first kappa shape index (κ1) is 13.7. The van der Waals surface area contributed by atoms with E-state index in [9.17, 15) is 9.18 Å². The Morgan fingerprint density at radius 3 is 2.63 bits per heavy atom. The van der Waals surface area contributed by atoms with Gasteiger partial charge in [0.05, 0.1) is 13.2 Å². The Kier molecular flexibility index (Phi) is 3.99. The van der Waals surface area contributed by atoms with Crippen LogP contribution in [-0.2, 0) is 4.74 Å². The lowest BCUT2D eigenvalue weighted by Crippen LogP contribution is -2.16. The third kappa shape index (κ3) is 2.53. The third-order valence-corrected chi connectivity index (χ3v) is 3.43. The number of hydrogen-bond acceptors (Lipinski definition) is 3. The molecule has 0 N–H and O–H groups in total. The highest BCUT2D eigenvalue weighted by Crippen LogP contribution is 2.26. The Balaban J connectivity index is 2.53. The summed E-state index contributed by atoms with van der Waals surface area (Å²) in [5.74, 6) is -1.60. The molecule has 0 fully saturated rings. The zero-order chi connectivity index (χ0) is 14.0. The minimum Gasteiger partial charge on any atom is -0.464 e. The summed E-state index contributed by atoms with van der Waals surface area (Å²) in [6.45, 7) is 1.85. The van der Waals surface area contributed by atoms with E-state index in [1.165, 1.54) is 11.7 Å². The highest BCUT2D eigenvalue weighted by molar-refractivity contribution is 9.10. The molecular formula is C13H12BrFN2O2. The predicted molar refractivity (Wildman–Crippen MR) is 71.5 cm³/mol. The van der Waals surface area contributed by atoms with Gasteiger partial charge in [0.1, 0.15) is 0 Å². The number of ether oxygens (including phenoxy) is 1.